The lowest BCUT2D eigenvalue weighted by atomic mass is 9.88. The molecular formula is C11H20ClN3. The summed E-state index contributed by atoms with van der Waals surface area (Å²) in [5.74, 6) is 0. The highest BCUT2D eigenvalue weighted by molar-refractivity contribution is 6.31. The maximum Gasteiger partial charge on any atom is 0.0814 e. The highest BCUT2D eigenvalue weighted by Gasteiger charge is 2.15. The van der Waals surface area contributed by atoms with Crippen molar-refractivity contribution in [3.05, 3.63) is 16.9 Å². The summed E-state index contributed by atoms with van der Waals surface area (Å²) in [6, 6.07) is 0. The van der Waals surface area contributed by atoms with Gasteiger partial charge in [0.05, 0.1) is 16.9 Å². The van der Waals surface area contributed by atoms with E-state index >= 15 is 0 Å². The molecule has 2 N–H and O–H groups in total. The van der Waals surface area contributed by atoms with Crippen LogP contribution in [0.25, 0.3) is 0 Å². The molecule has 0 amide bonds. The van der Waals surface area contributed by atoms with E-state index in [4.69, 9.17) is 17.3 Å². The van der Waals surface area contributed by atoms with Crippen molar-refractivity contribution in [1.82, 2.24) is 9.78 Å². The van der Waals surface area contributed by atoms with Gasteiger partial charge in [0.25, 0.3) is 0 Å². The van der Waals surface area contributed by atoms with Crippen molar-refractivity contribution in [3.63, 3.8) is 0 Å². The Morgan fingerprint density at radius 1 is 1.53 bits per heavy atom. The standard InChI is InChI=1S/C11H20ClN3/c1-9-10(12)7-14-15(9)6-4-5-11(2,3)8-13/h7H,4-6,8,13H2,1-3H3. The van der Waals surface area contributed by atoms with Gasteiger partial charge >= 0.3 is 0 Å². The van der Waals surface area contributed by atoms with E-state index in [2.05, 4.69) is 18.9 Å². The van der Waals surface area contributed by atoms with Gasteiger partial charge in [0.2, 0.25) is 0 Å². The average molecular weight is 230 g/mol. The molecule has 86 valence electrons. The van der Waals surface area contributed by atoms with Gasteiger partial charge in [-0.3, -0.25) is 4.68 Å². The smallest absolute Gasteiger partial charge is 0.0814 e. The summed E-state index contributed by atoms with van der Waals surface area (Å²) in [4.78, 5) is 0. The van der Waals surface area contributed by atoms with Crippen molar-refractivity contribution in [2.45, 2.75) is 40.2 Å². The van der Waals surface area contributed by atoms with Gasteiger partial charge in [-0.25, -0.2) is 0 Å². The number of halogens is 1. The number of hydrogen-bond donors (Lipinski definition) is 1. The van der Waals surface area contributed by atoms with Gasteiger partial charge in [-0.15, -0.1) is 0 Å². The third-order valence-corrected chi connectivity index (χ3v) is 3.19. The second-order valence-corrected chi connectivity index (χ2v) is 5.18. The van der Waals surface area contributed by atoms with E-state index in [1.165, 1.54) is 0 Å². The van der Waals surface area contributed by atoms with E-state index in [1.807, 2.05) is 11.6 Å². The first-order valence-electron chi connectivity index (χ1n) is 5.34. The summed E-state index contributed by atoms with van der Waals surface area (Å²) >= 11 is 5.92. The van der Waals surface area contributed by atoms with Crippen LogP contribution in [0.4, 0.5) is 0 Å². The van der Waals surface area contributed by atoms with E-state index in [9.17, 15) is 0 Å². The Labute approximate surface area is 96.6 Å². The lowest BCUT2D eigenvalue weighted by Crippen LogP contribution is -2.23. The molecule has 1 heterocycles. The molecule has 0 fully saturated rings. The minimum Gasteiger partial charge on any atom is -0.330 e. The fourth-order valence-corrected chi connectivity index (χ4v) is 1.60. The molecule has 0 unspecified atom stereocenters. The maximum atomic E-state index is 5.92. The average Bonchev–Trinajstić information content (AvgIpc) is 2.49. The summed E-state index contributed by atoms with van der Waals surface area (Å²) in [5.41, 5.74) is 6.95. The molecule has 1 aromatic rings. The first-order valence-corrected chi connectivity index (χ1v) is 5.72. The number of nitrogens with zero attached hydrogens (tertiary/aromatic N) is 2. The fraction of sp³-hybridized carbons (Fsp3) is 0.727. The minimum absolute atomic E-state index is 0.227. The molecule has 3 nitrogen and oxygen atoms in total. The summed E-state index contributed by atoms with van der Waals surface area (Å²) in [6.07, 6.45) is 3.90. The highest BCUT2D eigenvalue weighted by atomic mass is 35.5. The third-order valence-electron chi connectivity index (χ3n) is 2.82. The predicted molar refractivity (Wildman–Crippen MR) is 64.0 cm³/mol. The van der Waals surface area contributed by atoms with E-state index in [0.717, 1.165) is 36.6 Å². The van der Waals surface area contributed by atoms with Crippen LogP contribution in [0.1, 0.15) is 32.4 Å². The molecule has 0 aliphatic rings. The Morgan fingerprint density at radius 3 is 2.67 bits per heavy atom. The Bertz CT molecular complexity index is 318. The monoisotopic (exact) mass is 229 g/mol. The molecule has 0 saturated heterocycles. The molecular weight excluding hydrogens is 210 g/mol. The zero-order chi connectivity index (χ0) is 11.5. The van der Waals surface area contributed by atoms with Gasteiger partial charge in [-0.05, 0) is 31.7 Å². The summed E-state index contributed by atoms with van der Waals surface area (Å²) < 4.78 is 1.95. The van der Waals surface area contributed by atoms with Crippen LogP contribution >= 0.6 is 11.6 Å². The number of nitrogens with two attached hydrogens (primary N) is 1. The maximum absolute atomic E-state index is 5.92. The van der Waals surface area contributed by atoms with Crippen LogP contribution in [-0.4, -0.2) is 16.3 Å². The summed E-state index contributed by atoms with van der Waals surface area (Å²) in [5, 5.41) is 4.96. The Kier molecular flexibility index (Phi) is 4.17. The Balaban J connectivity index is 2.42. The number of aryl methyl sites for hydroxylation is 1. The van der Waals surface area contributed by atoms with E-state index in [1.54, 1.807) is 6.20 Å². The molecule has 0 bridgehead atoms. The van der Waals surface area contributed by atoms with Crippen molar-refractivity contribution in [2.24, 2.45) is 11.1 Å². The first-order chi connectivity index (χ1) is 6.96. The van der Waals surface area contributed by atoms with Crippen molar-refractivity contribution in [2.75, 3.05) is 6.54 Å². The van der Waals surface area contributed by atoms with Crippen molar-refractivity contribution in [1.29, 1.82) is 0 Å². The van der Waals surface area contributed by atoms with Gasteiger partial charge < -0.3 is 5.73 Å². The van der Waals surface area contributed by atoms with E-state index in [0.29, 0.717) is 0 Å². The Hall–Kier alpha value is -0.540. The quantitative estimate of drug-likeness (QED) is 0.844. The zero-order valence-corrected chi connectivity index (χ0v) is 10.5. The second-order valence-electron chi connectivity index (χ2n) is 4.77. The highest BCUT2D eigenvalue weighted by Crippen LogP contribution is 2.21. The summed E-state index contributed by atoms with van der Waals surface area (Å²) in [6.45, 7) is 8.02. The van der Waals surface area contributed by atoms with E-state index in [-0.39, 0.29) is 5.41 Å². The van der Waals surface area contributed by atoms with Crippen LogP contribution in [0, 0.1) is 12.3 Å². The Morgan fingerprint density at radius 2 is 2.20 bits per heavy atom. The molecule has 4 heteroatoms. The lowest BCUT2D eigenvalue weighted by Gasteiger charge is -2.21. The van der Waals surface area contributed by atoms with Gasteiger partial charge in [0.1, 0.15) is 0 Å². The van der Waals surface area contributed by atoms with Crippen LogP contribution in [0.3, 0.4) is 0 Å². The molecule has 0 aliphatic heterocycles. The van der Waals surface area contributed by atoms with Crippen molar-refractivity contribution < 1.29 is 0 Å². The number of rotatable bonds is 5. The lowest BCUT2D eigenvalue weighted by molar-refractivity contribution is 0.323. The van der Waals surface area contributed by atoms with Crippen molar-refractivity contribution in [3.8, 4) is 0 Å². The molecule has 0 radical (unpaired) electrons. The molecule has 1 aromatic heterocycles. The zero-order valence-electron chi connectivity index (χ0n) is 9.76. The van der Waals surface area contributed by atoms with Gasteiger partial charge in [-0.1, -0.05) is 25.4 Å². The van der Waals surface area contributed by atoms with Crippen LogP contribution in [0.5, 0.6) is 0 Å². The molecule has 0 atom stereocenters. The second kappa shape index (κ2) is 4.99. The van der Waals surface area contributed by atoms with Crippen LogP contribution in [0.2, 0.25) is 5.02 Å². The third kappa shape index (κ3) is 3.50. The molecule has 0 aliphatic carbocycles. The number of aromatic nitrogens is 2. The van der Waals surface area contributed by atoms with E-state index < -0.39 is 0 Å². The molecule has 0 spiro atoms. The topological polar surface area (TPSA) is 43.8 Å². The van der Waals surface area contributed by atoms with Gasteiger partial charge in [0, 0.05) is 6.54 Å². The molecule has 0 saturated carbocycles. The largest absolute Gasteiger partial charge is 0.330 e. The predicted octanol–water partition coefficient (Wildman–Crippen LogP) is 2.61. The SMILES string of the molecule is Cc1c(Cl)cnn1CCCC(C)(C)CN. The van der Waals surface area contributed by atoms with Crippen molar-refractivity contribution >= 4 is 11.6 Å². The van der Waals surface area contributed by atoms with Crippen LogP contribution < -0.4 is 5.73 Å². The minimum atomic E-state index is 0.227. The first kappa shape index (κ1) is 12.5. The van der Waals surface area contributed by atoms with Gasteiger partial charge in [0.15, 0.2) is 0 Å². The summed E-state index contributed by atoms with van der Waals surface area (Å²) in [7, 11) is 0. The van der Waals surface area contributed by atoms with Crippen LogP contribution in [0.15, 0.2) is 6.20 Å². The fourth-order valence-electron chi connectivity index (χ4n) is 1.46. The number of hydrogen-bond acceptors (Lipinski definition) is 2. The van der Waals surface area contributed by atoms with Gasteiger partial charge in [-0.2, -0.15) is 5.10 Å². The normalized spacial score (nSPS) is 12.1. The molecule has 1 rings (SSSR count). The van der Waals surface area contributed by atoms with Crippen LogP contribution in [-0.2, 0) is 6.54 Å². The molecule has 0 aromatic carbocycles. The molecule has 15 heavy (non-hydrogen) atoms.